The molecule has 0 spiro atoms. The third-order valence-electron chi connectivity index (χ3n) is 3.25. The molecule has 0 aliphatic carbocycles. The van der Waals surface area contributed by atoms with Gasteiger partial charge in [0.05, 0.1) is 18.0 Å². The van der Waals surface area contributed by atoms with Gasteiger partial charge in [-0.3, -0.25) is 4.98 Å². The SMILES string of the molecule is CCNC(=NCc1ccccn1)NCCCN(C)S(=O)(=O)CC. The Balaban J connectivity index is 2.41. The molecule has 1 aromatic heterocycles. The maximum Gasteiger partial charge on any atom is 0.213 e. The van der Waals surface area contributed by atoms with Crippen molar-refractivity contribution in [2.75, 3.05) is 32.4 Å². The predicted octanol–water partition coefficient (Wildman–Crippen LogP) is 0.808. The lowest BCUT2D eigenvalue weighted by Crippen LogP contribution is -2.39. The summed E-state index contributed by atoms with van der Waals surface area (Å²) in [7, 11) is -1.49. The van der Waals surface area contributed by atoms with Crippen molar-refractivity contribution in [3.63, 3.8) is 0 Å². The summed E-state index contributed by atoms with van der Waals surface area (Å²) in [6.07, 6.45) is 2.46. The number of aliphatic imine (C=N–C) groups is 1. The molecule has 23 heavy (non-hydrogen) atoms. The summed E-state index contributed by atoms with van der Waals surface area (Å²) in [5.41, 5.74) is 0.901. The Bertz CT molecular complexity index is 575. The van der Waals surface area contributed by atoms with E-state index in [1.165, 1.54) is 4.31 Å². The molecule has 0 fully saturated rings. The van der Waals surface area contributed by atoms with Gasteiger partial charge in [-0.15, -0.1) is 0 Å². The molecule has 0 radical (unpaired) electrons. The topological polar surface area (TPSA) is 86.7 Å². The second-order valence-electron chi connectivity index (χ2n) is 5.02. The first-order valence-electron chi connectivity index (χ1n) is 7.85. The van der Waals surface area contributed by atoms with Crippen molar-refractivity contribution in [1.29, 1.82) is 0 Å². The number of rotatable bonds is 9. The van der Waals surface area contributed by atoms with Crippen LogP contribution in [0.25, 0.3) is 0 Å². The van der Waals surface area contributed by atoms with Crippen molar-refractivity contribution < 1.29 is 8.42 Å². The van der Waals surface area contributed by atoms with Gasteiger partial charge in [0.2, 0.25) is 10.0 Å². The van der Waals surface area contributed by atoms with Crippen LogP contribution in [0.15, 0.2) is 29.4 Å². The van der Waals surface area contributed by atoms with Gasteiger partial charge in [0.1, 0.15) is 0 Å². The molecule has 1 aromatic rings. The quantitative estimate of drug-likeness (QED) is 0.394. The van der Waals surface area contributed by atoms with Gasteiger partial charge in [0, 0.05) is 32.9 Å². The van der Waals surface area contributed by atoms with E-state index in [9.17, 15) is 8.42 Å². The Labute approximate surface area is 139 Å². The Hall–Kier alpha value is -1.67. The summed E-state index contributed by atoms with van der Waals surface area (Å²) in [6.45, 7) is 6.05. The monoisotopic (exact) mass is 341 g/mol. The molecular weight excluding hydrogens is 314 g/mol. The zero-order chi connectivity index (χ0) is 17.1. The number of nitrogens with zero attached hydrogens (tertiary/aromatic N) is 3. The lowest BCUT2D eigenvalue weighted by atomic mass is 10.3. The van der Waals surface area contributed by atoms with Crippen LogP contribution in [0.5, 0.6) is 0 Å². The van der Waals surface area contributed by atoms with Crippen LogP contribution in [0.1, 0.15) is 26.0 Å². The molecule has 0 saturated carbocycles. The molecule has 1 rings (SSSR count). The number of hydrogen-bond acceptors (Lipinski definition) is 4. The molecule has 0 unspecified atom stereocenters. The zero-order valence-electron chi connectivity index (χ0n) is 14.1. The lowest BCUT2D eigenvalue weighted by molar-refractivity contribution is 0.461. The molecule has 130 valence electrons. The molecule has 0 amide bonds. The number of guanidine groups is 1. The lowest BCUT2D eigenvalue weighted by Gasteiger charge is -2.16. The molecule has 0 atom stereocenters. The van der Waals surface area contributed by atoms with Crippen LogP contribution in [0.2, 0.25) is 0 Å². The molecule has 0 aromatic carbocycles. The fourth-order valence-electron chi connectivity index (χ4n) is 1.86. The minimum Gasteiger partial charge on any atom is -0.357 e. The van der Waals surface area contributed by atoms with Crippen LogP contribution in [-0.4, -0.2) is 56.1 Å². The van der Waals surface area contributed by atoms with Gasteiger partial charge in [-0.2, -0.15) is 0 Å². The summed E-state index contributed by atoms with van der Waals surface area (Å²) in [5.74, 6) is 0.838. The highest BCUT2D eigenvalue weighted by molar-refractivity contribution is 7.89. The first-order chi connectivity index (χ1) is 11.0. The molecule has 0 saturated heterocycles. The number of sulfonamides is 1. The maximum atomic E-state index is 11.7. The summed E-state index contributed by atoms with van der Waals surface area (Å²) in [4.78, 5) is 8.70. The van der Waals surface area contributed by atoms with Crippen LogP contribution >= 0.6 is 0 Å². The van der Waals surface area contributed by atoms with E-state index in [0.29, 0.717) is 32.0 Å². The fraction of sp³-hybridized carbons (Fsp3) is 0.600. The van der Waals surface area contributed by atoms with E-state index >= 15 is 0 Å². The van der Waals surface area contributed by atoms with E-state index in [1.54, 1.807) is 20.2 Å². The molecule has 8 heteroatoms. The second-order valence-corrected chi connectivity index (χ2v) is 7.38. The first kappa shape index (κ1) is 19.4. The molecule has 0 aliphatic heterocycles. The number of nitrogens with one attached hydrogen (secondary N) is 2. The minimum absolute atomic E-state index is 0.130. The highest BCUT2D eigenvalue weighted by atomic mass is 32.2. The van der Waals surface area contributed by atoms with E-state index < -0.39 is 10.0 Å². The first-order valence-corrected chi connectivity index (χ1v) is 9.46. The Kier molecular flexibility index (Phi) is 8.57. The van der Waals surface area contributed by atoms with E-state index in [1.807, 2.05) is 25.1 Å². The van der Waals surface area contributed by atoms with Crippen LogP contribution < -0.4 is 10.6 Å². The van der Waals surface area contributed by atoms with Crippen molar-refractivity contribution >= 4 is 16.0 Å². The summed E-state index contributed by atoms with van der Waals surface area (Å²) < 4.78 is 24.7. The van der Waals surface area contributed by atoms with E-state index in [-0.39, 0.29) is 5.75 Å². The summed E-state index contributed by atoms with van der Waals surface area (Å²) >= 11 is 0. The zero-order valence-corrected chi connectivity index (χ0v) is 14.9. The molecule has 0 bridgehead atoms. The summed E-state index contributed by atoms with van der Waals surface area (Å²) in [6, 6.07) is 5.73. The minimum atomic E-state index is -3.10. The van der Waals surface area contributed by atoms with Gasteiger partial charge < -0.3 is 10.6 Å². The predicted molar refractivity (Wildman–Crippen MR) is 93.8 cm³/mol. The van der Waals surface area contributed by atoms with Crippen molar-refractivity contribution in [2.45, 2.75) is 26.8 Å². The van der Waals surface area contributed by atoms with Crippen molar-refractivity contribution in [3.05, 3.63) is 30.1 Å². The number of aromatic nitrogens is 1. The van der Waals surface area contributed by atoms with Gasteiger partial charge in [0.15, 0.2) is 5.96 Å². The second kappa shape index (κ2) is 10.2. The normalized spacial score (nSPS) is 12.4. The van der Waals surface area contributed by atoms with E-state index in [0.717, 1.165) is 12.2 Å². The van der Waals surface area contributed by atoms with Crippen LogP contribution in [0.4, 0.5) is 0 Å². The van der Waals surface area contributed by atoms with Crippen molar-refractivity contribution in [2.24, 2.45) is 4.99 Å². The Morgan fingerprint density at radius 2 is 2.09 bits per heavy atom. The average Bonchev–Trinajstić information content (AvgIpc) is 2.57. The summed E-state index contributed by atoms with van der Waals surface area (Å²) in [5, 5.41) is 6.37. The van der Waals surface area contributed by atoms with Gasteiger partial charge >= 0.3 is 0 Å². The standard InChI is InChI=1S/C15H27N5O2S/c1-4-16-15(19-13-14-9-6-7-10-17-14)18-11-8-12-20(3)23(21,22)5-2/h6-7,9-10H,4-5,8,11-13H2,1-3H3,(H2,16,18,19). The highest BCUT2D eigenvalue weighted by Crippen LogP contribution is 1.98. The molecular formula is C15H27N5O2S. The fourth-order valence-corrected chi connectivity index (χ4v) is 2.71. The highest BCUT2D eigenvalue weighted by Gasteiger charge is 2.13. The molecule has 0 aliphatic rings. The van der Waals surface area contributed by atoms with Gasteiger partial charge in [0.25, 0.3) is 0 Å². The number of hydrogen-bond donors (Lipinski definition) is 2. The Morgan fingerprint density at radius 3 is 2.70 bits per heavy atom. The van der Waals surface area contributed by atoms with Crippen molar-refractivity contribution in [1.82, 2.24) is 19.9 Å². The van der Waals surface area contributed by atoms with E-state index in [4.69, 9.17) is 0 Å². The largest absolute Gasteiger partial charge is 0.357 e. The van der Waals surface area contributed by atoms with Crippen LogP contribution in [0.3, 0.4) is 0 Å². The van der Waals surface area contributed by atoms with Gasteiger partial charge in [-0.05, 0) is 32.4 Å². The number of pyridine rings is 1. The molecule has 7 nitrogen and oxygen atoms in total. The van der Waals surface area contributed by atoms with E-state index in [2.05, 4.69) is 20.6 Å². The Morgan fingerprint density at radius 1 is 1.30 bits per heavy atom. The van der Waals surface area contributed by atoms with Crippen molar-refractivity contribution in [3.8, 4) is 0 Å². The third-order valence-corrected chi connectivity index (χ3v) is 5.11. The smallest absolute Gasteiger partial charge is 0.213 e. The van der Waals surface area contributed by atoms with Gasteiger partial charge in [-0.25, -0.2) is 17.7 Å². The molecule has 2 N–H and O–H groups in total. The van der Waals surface area contributed by atoms with Crippen LogP contribution in [-0.2, 0) is 16.6 Å². The average molecular weight is 341 g/mol. The maximum absolute atomic E-state index is 11.7. The molecule has 1 heterocycles. The third kappa shape index (κ3) is 7.43. The van der Waals surface area contributed by atoms with Crippen LogP contribution in [0, 0.1) is 0 Å². The van der Waals surface area contributed by atoms with Gasteiger partial charge in [-0.1, -0.05) is 6.07 Å².